The van der Waals surface area contributed by atoms with Gasteiger partial charge in [-0.15, -0.1) is 0 Å². The zero-order valence-electron chi connectivity index (χ0n) is 20.6. The van der Waals surface area contributed by atoms with E-state index in [0.717, 1.165) is 16.8 Å². The van der Waals surface area contributed by atoms with Crippen molar-refractivity contribution in [1.29, 1.82) is 0 Å². The second-order valence-electron chi connectivity index (χ2n) is 9.19. The van der Waals surface area contributed by atoms with E-state index in [1.165, 1.54) is 0 Å². The van der Waals surface area contributed by atoms with Crippen LogP contribution in [0, 0.1) is 0 Å². The molecule has 4 aromatic carbocycles. The van der Waals surface area contributed by atoms with E-state index in [1.807, 2.05) is 61.5 Å². The normalized spacial score (nSPS) is 16.7. The van der Waals surface area contributed by atoms with Crippen LogP contribution in [0.25, 0.3) is 0 Å². The van der Waals surface area contributed by atoms with E-state index in [-0.39, 0.29) is 5.91 Å². The molecule has 7 heteroatoms. The van der Waals surface area contributed by atoms with Crippen LogP contribution in [0.2, 0.25) is 0 Å². The maximum absolute atomic E-state index is 13.1. The molecular weight excluding hydrogens is 468 g/mol. The first kappa shape index (κ1) is 22.7. The van der Waals surface area contributed by atoms with Gasteiger partial charge in [-0.3, -0.25) is 4.79 Å². The third-order valence-electron chi connectivity index (χ3n) is 6.82. The van der Waals surface area contributed by atoms with Crippen molar-refractivity contribution in [2.24, 2.45) is 0 Å². The van der Waals surface area contributed by atoms with E-state index in [2.05, 4.69) is 5.32 Å². The first-order valence-electron chi connectivity index (χ1n) is 11.8. The summed E-state index contributed by atoms with van der Waals surface area (Å²) in [6.07, 6.45) is 0. The highest BCUT2D eigenvalue weighted by Gasteiger charge is 2.53. The predicted molar refractivity (Wildman–Crippen MR) is 140 cm³/mol. The molecule has 1 atom stereocenters. The molecule has 0 fully saturated rings. The summed E-state index contributed by atoms with van der Waals surface area (Å²) in [6.45, 7) is 0. The van der Waals surface area contributed by atoms with Crippen LogP contribution in [-0.2, 0) is 10.3 Å². The quantitative estimate of drug-likeness (QED) is 0.375. The Morgan fingerprint density at radius 3 is 2.41 bits per heavy atom. The summed E-state index contributed by atoms with van der Waals surface area (Å²) in [5.41, 5.74) is 3.40. The Labute approximate surface area is 214 Å². The minimum Gasteiger partial charge on any atom is -0.497 e. The lowest BCUT2D eigenvalue weighted by atomic mass is 9.77. The highest BCUT2D eigenvalue weighted by molar-refractivity contribution is 6.04. The summed E-state index contributed by atoms with van der Waals surface area (Å²) >= 11 is 0. The van der Waals surface area contributed by atoms with Crippen molar-refractivity contribution in [1.82, 2.24) is 0 Å². The van der Waals surface area contributed by atoms with Crippen LogP contribution in [-0.4, -0.2) is 33.1 Å². The number of amides is 1. The smallest absolute Gasteiger partial charge is 0.340 e. The molecule has 1 amide bonds. The molecule has 0 bridgehead atoms. The van der Waals surface area contributed by atoms with E-state index in [1.54, 1.807) is 49.6 Å². The molecule has 2 aliphatic heterocycles. The molecule has 0 saturated carbocycles. The minimum absolute atomic E-state index is 0.270. The van der Waals surface area contributed by atoms with E-state index in [0.29, 0.717) is 39.6 Å². The van der Waals surface area contributed by atoms with Gasteiger partial charge in [0, 0.05) is 53.8 Å². The van der Waals surface area contributed by atoms with Crippen molar-refractivity contribution < 1.29 is 23.8 Å². The number of hydrogen-bond acceptors (Lipinski definition) is 6. The Bertz CT molecular complexity index is 1560. The van der Waals surface area contributed by atoms with Crippen molar-refractivity contribution in [3.63, 3.8) is 0 Å². The molecule has 184 valence electrons. The van der Waals surface area contributed by atoms with Gasteiger partial charge in [-0.25, -0.2) is 4.79 Å². The number of ether oxygens (including phenoxy) is 3. The maximum atomic E-state index is 13.1. The van der Waals surface area contributed by atoms with E-state index in [4.69, 9.17) is 14.2 Å². The zero-order valence-corrected chi connectivity index (χ0v) is 20.6. The van der Waals surface area contributed by atoms with Crippen LogP contribution in [0.4, 0.5) is 11.4 Å². The monoisotopic (exact) mass is 492 g/mol. The van der Waals surface area contributed by atoms with Crippen LogP contribution in [0.1, 0.15) is 37.4 Å². The Kier molecular flexibility index (Phi) is 5.15. The number of hydrogen-bond donors (Lipinski definition) is 1. The molecular formula is C30H24N2O5. The number of carbonyl (C=O) groups excluding carboxylic acids is 2. The van der Waals surface area contributed by atoms with Gasteiger partial charge in [-0.1, -0.05) is 18.2 Å². The molecule has 1 N–H and O–H groups in total. The van der Waals surface area contributed by atoms with Crippen LogP contribution in [0.15, 0.2) is 84.9 Å². The van der Waals surface area contributed by atoms with E-state index >= 15 is 0 Å². The van der Waals surface area contributed by atoms with Gasteiger partial charge in [0.05, 0.1) is 12.7 Å². The van der Waals surface area contributed by atoms with Crippen LogP contribution in [0.3, 0.4) is 0 Å². The SMILES string of the molecule is COc1ccc(C(=O)Nc2ccc3c(c2)C2(OC(=O)c4ccccc42)c2ccc(N(C)C)cc2O3)cc1. The highest BCUT2D eigenvalue weighted by atomic mass is 16.6. The molecule has 2 heterocycles. The fraction of sp³-hybridized carbons (Fsp3) is 0.133. The van der Waals surface area contributed by atoms with Gasteiger partial charge in [-0.2, -0.15) is 0 Å². The fourth-order valence-electron chi connectivity index (χ4n) is 4.96. The minimum atomic E-state index is -1.21. The maximum Gasteiger partial charge on any atom is 0.340 e. The molecule has 6 rings (SSSR count). The third-order valence-corrected chi connectivity index (χ3v) is 6.82. The largest absolute Gasteiger partial charge is 0.497 e. The number of nitrogens with one attached hydrogen (secondary N) is 1. The summed E-state index contributed by atoms with van der Waals surface area (Å²) in [4.78, 5) is 28.0. The number of carbonyl (C=O) groups is 2. The molecule has 1 spiro atoms. The molecule has 0 radical (unpaired) electrons. The average molecular weight is 493 g/mol. The first-order chi connectivity index (χ1) is 17.9. The fourth-order valence-corrected chi connectivity index (χ4v) is 4.96. The van der Waals surface area contributed by atoms with Gasteiger partial charge >= 0.3 is 5.97 Å². The predicted octanol–water partition coefficient (Wildman–Crippen LogP) is 5.58. The Morgan fingerprint density at radius 2 is 1.65 bits per heavy atom. The van der Waals surface area contributed by atoms with Crippen molar-refractivity contribution in [2.75, 3.05) is 31.4 Å². The summed E-state index contributed by atoms with van der Waals surface area (Å²) in [7, 11) is 5.49. The Morgan fingerprint density at radius 1 is 0.865 bits per heavy atom. The molecule has 37 heavy (non-hydrogen) atoms. The number of methoxy groups -OCH3 is 1. The van der Waals surface area contributed by atoms with Crippen molar-refractivity contribution in [3.8, 4) is 17.2 Å². The van der Waals surface area contributed by atoms with E-state index < -0.39 is 11.6 Å². The number of esters is 1. The number of nitrogens with zero attached hydrogens (tertiary/aromatic N) is 1. The lowest BCUT2D eigenvalue weighted by molar-refractivity contribution is 0.0224. The van der Waals surface area contributed by atoms with Gasteiger partial charge in [0.15, 0.2) is 5.60 Å². The topological polar surface area (TPSA) is 77.1 Å². The summed E-state index contributed by atoms with van der Waals surface area (Å²) in [6, 6.07) is 25.5. The van der Waals surface area contributed by atoms with Crippen molar-refractivity contribution in [3.05, 3.63) is 113 Å². The van der Waals surface area contributed by atoms with Gasteiger partial charge in [0.1, 0.15) is 17.2 Å². The number of fused-ring (bicyclic) bond motifs is 6. The van der Waals surface area contributed by atoms with Gasteiger partial charge in [0.25, 0.3) is 5.91 Å². The van der Waals surface area contributed by atoms with E-state index in [9.17, 15) is 9.59 Å². The lowest BCUT2D eigenvalue weighted by Gasteiger charge is -2.37. The summed E-state index contributed by atoms with van der Waals surface area (Å²) in [5, 5.41) is 2.95. The van der Waals surface area contributed by atoms with Crippen molar-refractivity contribution >= 4 is 23.3 Å². The Balaban J connectivity index is 1.48. The second kappa shape index (κ2) is 8.41. The number of anilines is 2. The molecule has 1 unspecified atom stereocenters. The lowest BCUT2D eigenvalue weighted by Crippen LogP contribution is -2.33. The number of benzene rings is 4. The van der Waals surface area contributed by atoms with Gasteiger partial charge in [-0.05, 0) is 60.7 Å². The zero-order chi connectivity index (χ0) is 25.7. The van der Waals surface area contributed by atoms with Gasteiger partial charge in [0.2, 0.25) is 0 Å². The molecule has 2 aliphatic rings. The van der Waals surface area contributed by atoms with Crippen LogP contribution >= 0.6 is 0 Å². The first-order valence-corrected chi connectivity index (χ1v) is 11.8. The second-order valence-corrected chi connectivity index (χ2v) is 9.19. The van der Waals surface area contributed by atoms with Crippen LogP contribution < -0.4 is 19.7 Å². The van der Waals surface area contributed by atoms with Gasteiger partial charge < -0.3 is 24.4 Å². The summed E-state index contributed by atoms with van der Waals surface area (Å²) in [5.74, 6) is 1.16. The van der Waals surface area contributed by atoms with Crippen LogP contribution in [0.5, 0.6) is 17.2 Å². The molecule has 0 saturated heterocycles. The standard InChI is InChI=1S/C30H24N2O5/c1-32(2)20-11-14-24-27(17-20)36-26-15-10-19(31-28(33)18-8-12-21(35-3)13-9-18)16-25(26)30(24)23-7-5-4-6-22(23)29(34)37-30/h4-17H,1-3H3,(H,31,33). The molecule has 4 aromatic rings. The molecule has 0 aliphatic carbocycles. The summed E-state index contributed by atoms with van der Waals surface area (Å²) < 4.78 is 17.7. The van der Waals surface area contributed by atoms with Crippen molar-refractivity contribution in [2.45, 2.75) is 5.60 Å². The number of rotatable bonds is 4. The Hall–Kier alpha value is -4.78. The molecule has 7 nitrogen and oxygen atoms in total. The average Bonchev–Trinajstić information content (AvgIpc) is 3.21. The third kappa shape index (κ3) is 3.50. The molecule has 0 aromatic heterocycles. The highest BCUT2D eigenvalue weighted by Crippen LogP contribution is 2.56.